The number of amides is 1. The quantitative estimate of drug-likeness (QED) is 0.836. The van der Waals surface area contributed by atoms with Crippen LogP contribution in [0.2, 0.25) is 0 Å². The maximum absolute atomic E-state index is 12.5. The monoisotopic (exact) mass is 294 g/mol. The summed E-state index contributed by atoms with van der Waals surface area (Å²) in [6, 6.07) is 5.65. The molecule has 0 aromatic heterocycles. The van der Waals surface area contributed by atoms with Gasteiger partial charge in [0.15, 0.2) is 11.5 Å². The molecule has 0 aliphatic carbocycles. The summed E-state index contributed by atoms with van der Waals surface area (Å²) in [6.07, 6.45) is 0.721. The zero-order chi connectivity index (χ0) is 16.0. The molecule has 5 nitrogen and oxygen atoms in total. The Morgan fingerprint density at radius 3 is 2.38 bits per heavy atom. The van der Waals surface area contributed by atoms with Crippen LogP contribution in [0.3, 0.4) is 0 Å². The largest absolute Gasteiger partial charge is 0.493 e. The Kier molecular flexibility index (Phi) is 6.03. The predicted octanol–water partition coefficient (Wildman–Crippen LogP) is 2.04. The summed E-state index contributed by atoms with van der Waals surface area (Å²) in [5, 5.41) is 0. The molecule has 0 aliphatic heterocycles. The summed E-state index contributed by atoms with van der Waals surface area (Å²) in [6.45, 7) is 4.74. The summed E-state index contributed by atoms with van der Waals surface area (Å²) in [4.78, 5) is 14.2. The van der Waals surface area contributed by atoms with Gasteiger partial charge < -0.3 is 20.1 Å². The van der Waals surface area contributed by atoms with E-state index in [-0.39, 0.29) is 5.91 Å². The molecule has 1 aromatic rings. The first kappa shape index (κ1) is 17.3. The first-order valence-electron chi connectivity index (χ1n) is 7.08. The van der Waals surface area contributed by atoms with E-state index < -0.39 is 5.41 Å². The number of nitrogens with zero attached hydrogens (tertiary/aromatic N) is 1. The highest BCUT2D eigenvalue weighted by atomic mass is 16.5. The minimum atomic E-state index is -0.509. The molecule has 0 aliphatic rings. The standard InChI is InChI=1S/C16H26N2O3/c1-6-16(2,11-17)15(19)18(3)10-12-7-8-13(20-4)14(9-12)21-5/h7-9H,6,10-11,17H2,1-5H3. The number of methoxy groups -OCH3 is 2. The van der Waals surface area contributed by atoms with Crippen LogP contribution in [0.25, 0.3) is 0 Å². The number of hydrogen-bond donors (Lipinski definition) is 1. The van der Waals surface area contributed by atoms with E-state index in [1.165, 1.54) is 0 Å². The second-order valence-corrected chi connectivity index (χ2v) is 5.47. The zero-order valence-electron chi connectivity index (χ0n) is 13.6. The van der Waals surface area contributed by atoms with E-state index in [0.717, 1.165) is 12.0 Å². The van der Waals surface area contributed by atoms with Gasteiger partial charge in [-0.15, -0.1) is 0 Å². The normalized spacial score (nSPS) is 13.4. The van der Waals surface area contributed by atoms with Crippen LogP contribution in [-0.2, 0) is 11.3 Å². The minimum absolute atomic E-state index is 0.0577. The van der Waals surface area contributed by atoms with Crippen LogP contribution >= 0.6 is 0 Å². The molecule has 0 spiro atoms. The predicted molar refractivity (Wildman–Crippen MR) is 83.5 cm³/mol. The molecule has 0 heterocycles. The van der Waals surface area contributed by atoms with E-state index in [1.807, 2.05) is 32.0 Å². The van der Waals surface area contributed by atoms with Gasteiger partial charge in [0, 0.05) is 20.1 Å². The van der Waals surface area contributed by atoms with E-state index >= 15 is 0 Å². The SMILES string of the molecule is CCC(C)(CN)C(=O)N(C)Cc1ccc(OC)c(OC)c1. The van der Waals surface area contributed by atoms with Crippen molar-refractivity contribution >= 4 is 5.91 Å². The molecule has 2 N–H and O–H groups in total. The summed E-state index contributed by atoms with van der Waals surface area (Å²) < 4.78 is 10.5. The van der Waals surface area contributed by atoms with Gasteiger partial charge in [-0.3, -0.25) is 4.79 Å². The summed E-state index contributed by atoms with van der Waals surface area (Å²) in [7, 11) is 4.99. The highest BCUT2D eigenvalue weighted by molar-refractivity contribution is 5.82. The minimum Gasteiger partial charge on any atom is -0.493 e. The van der Waals surface area contributed by atoms with Crippen molar-refractivity contribution in [3.63, 3.8) is 0 Å². The van der Waals surface area contributed by atoms with E-state index in [2.05, 4.69) is 0 Å². The highest BCUT2D eigenvalue weighted by Gasteiger charge is 2.32. The van der Waals surface area contributed by atoms with Crippen molar-refractivity contribution in [1.29, 1.82) is 0 Å². The third kappa shape index (κ3) is 3.88. The number of nitrogens with two attached hydrogens (primary N) is 1. The lowest BCUT2D eigenvalue weighted by atomic mass is 9.86. The van der Waals surface area contributed by atoms with Gasteiger partial charge in [0.1, 0.15) is 0 Å². The molecular formula is C16H26N2O3. The number of carbonyl (C=O) groups is 1. The molecule has 0 radical (unpaired) electrons. The Labute approximate surface area is 127 Å². The molecule has 1 unspecified atom stereocenters. The third-order valence-electron chi connectivity index (χ3n) is 3.96. The molecule has 1 aromatic carbocycles. The molecular weight excluding hydrogens is 268 g/mol. The lowest BCUT2D eigenvalue weighted by Gasteiger charge is -2.30. The molecule has 118 valence electrons. The maximum atomic E-state index is 12.5. The number of rotatable bonds is 7. The Morgan fingerprint density at radius 1 is 1.29 bits per heavy atom. The van der Waals surface area contributed by atoms with Crippen molar-refractivity contribution < 1.29 is 14.3 Å². The van der Waals surface area contributed by atoms with Crippen LogP contribution in [0.1, 0.15) is 25.8 Å². The van der Waals surface area contributed by atoms with Crippen LogP contribution < -0.4 is 15.2 Å². The van der Waals surface area contributed by atoms with Crippen LogP contribution in [0.15, 0.2) is 18.2 Å². The smallest absolute Gasteiger partial charge is 0.229 e. The second-order valence-electron chi connectivity index (χ2n) is 5.47. The topological polar surface area (TPSA) is 64.8 Å². The van der Waals surface area contributed by atoms with Gasteiger partial charge in [0.05, 0.1) is 19.6 Å². The van der Waals surface area contributed by atoms with Gasteiger partial charge in [-0.2, -0.15) is 0 Å². The molecule has 5 heteroatoms. The third-order valence-corrected chi connectivity index (χ3v) is 3.96. The van der Waals surface area contributed by atoms with Gasteiger partial charge in [-0.05, 0) is 31.0 Å². The molecule has 0 saturated heterocycles. The van der Waals surface area contributed by atoms with Gasteiger partial charge in [0.25, 0.3) is 0 Å². The number of carbonyl (C=O) groups excluding carboxylic acids is 1. The molecule has 0 saturated carbocycles. The average Bonchev–Trinajstić information content (AvgIpc) is 2.52. The fourth-order valence-electron chi connectivity index (χ4n) is 2.17. The molecule has 0 fully saturated rings. The maximum Gasteiger partial charge on any atom is 0.229 e. The van der Waals surface area contributed by atoms with Crippen LogP contribution in [0.4, 0.5) is 0 Å². The Hall–Kier alpha value is -1.75. The van der Waals surface area contributed by atoms with Gasteiger partial charge in [0.2, 0.25) is 5.91 Å². The zero-order valence-corrected chi connectivity index (χ0v) is 13.6. The van der Waals surface area contributed by atoms with Crippen LogP contribution in [0, 0.1) is 5.41 Å². The van der Waals surface area contributed by atoms with Crippen molar-refractivity contribution in [1.82, 2.24) is 4.90 Å². The first-order chi connectivity index (χ1) is 9.91. The Morgan fingerprint density at radius 2 is 1.90 bits per heavy atom. The summed E-state index contributed by atoms with van der Waals surface area (Å²) >= 11 is 0. The lowest BCUT2D eigenvalue weighted by molar-refractivity contribution is -0.140. The summed E-state index contributed by atoms with van der Waals surface area (Å²) in [5.41, 5.74) is 6.23. The summed E-state index contributed by atoms with van der Waals surface area (Å²) in [5.74, 6) is 1.39. The van der Waals surface area contributed by atoms with Crippen molar-refractivity contribution in [2.75, 3.05) is 27.8 Å². The van der Waals surface area contributed by atoms with E-state index in [0.29, 0.717) is 24.6 Å². The first-order valence-corrected chi connectivity index (χ1v) is 7.08. The molecule has 1 rings (SSSR count). The van der Waals surface area contributed by atoms with E-state index in [9.17, 15) is 4.79 Å². The van der Waals surface area contributed by atoms with Crippen molar-refractivity contribution in [2.45, 2.75) is 26.8 Å². The fraction of sp³-hybridized carbons (Fsp3) is 0.562. The molecule has 0 bridgehead atoms. The average molecular weight is 294 g/mol. The number of hydrogen-bond acceptors (Lipinski definition) is 4. The fourth-order valence-corrected chi connectivity index (χ4v) is 2.17. The van der Waals surface area contributed by atoms with Gasteiger partial charge in [-0.25, -0.2) is 0 Å². The van der Waals surface area contributed by atoms with Crippen LogP contribution in [-0.4, -0.2) is 38.6 Å². The van der Waals surface area contributed by atoms with Gasteiger partial charge in [-0.1, -0.05) is 13.0 Å². The molecule has 1 amide bonds. The van der Waals surface area contributed by atoms with Crippen LogP contribution in [0.5, 0.6) is 11.5 Å². The molecule has 1 atom stereocenters. The van der Waals surface area contributed by atoms with Crippen molar-refractivity contribution in [2.24, 2.45) is 11.1 Å². The second kappa shape index (κ2) is 7.31. The lowest BCUT2D eigenvalue weighted by Crippen LogP contribution is -2.44. The number of ether oxygens (including phenoxy) is 2. The Balaban J connectivity index is 2.88. The van der Waals surface area contributed by atoms with Gasteiger partial charge >= 0.3 is 0 Å². The Bertz CT molecular complexity index is 484. The number of benzene rings is 1. The highest BCUT2D eigenvalue weighted by Crippen LogP contribution is 2.29. The molecule has 21 heavy (non-hydrogen) atoms. The van der Waals surface area contributed by atoms with E-state index in [4.69, 9.17) is 15.2 Å². The van der Waals surface area contributed by atoms with Crippen molar-refractivity contribution in [3.8, 4) is 11.5 Å². The van der Waals surface area contributed by atoms with Crippen molar-refractivity contribution in [3.05, 3.63) is 23.8 Å². The van der Waals surface area contributed by atoms with E-state index in [1.54, 1.807) is 26.2 Å².